The van der Waals surface area contributed by atoms with Gasteiger partial charge >= 0.3 is 0 Å². The third-order valence-electron chi connectivity index (χ3n) is 3.76. The predicted molar refractivity (Wildman–Crippen MR) is 87.0 cm³/mol. The second-order valence-electron chi connectivity index (χ2n) is 5.29. The number of nitrogens with one attached hydrogen (secondary N) is 1. The van der Waals surface area contributed by atoms with Crippen LogP contribution in [0, 0.1) is 0 Å². The van der Waals surface area contributed by atoms with E-state index in [4.69, 9.17) is 0 Å². The lowest BCUT2D eigenvalue weighted by Crippen LogP contribution is -2.43. The molecular weight excluding hydrogens is 286 g/mol. The number of amides is 1. The molecule has 2 N–H and O–H groups in total. The Kier molecular flexibility index (Phi) is 5.47. The van der Waals surface area contributed by atoms with Crippen LogP contribution in [0.3, 0.4) is 0 Å². The second-order valence-corrected chi connectivity index (χ2v) is 6.39. The average Bonchev–Trinajstić information content (AvgIpc) is 2.94. The summed E-state index contributed by atoms with van der Waals surface area (Å²) in [7, 11) is 0. The summed E-state index contributed by atoms with van der Waals surface area (Å²) in [5.41, 5.74) is -0.227. The van der Waals surface area contributed by atoms with Gasteiger partial charge in [0.1, 0.15) is 5.82 Å². The van der Waals surface area contributed by atoms with Gasteiger partial charge in [0.2, 0.25) is 0 Å². The van der Waals surface area contributed by atoms with Crippen molar-refractivity contribution >= 4 is 23.5 Å². The molecule has 0 saturated carbocycles. The molecule has 21 heavy (non-hydrogen) atoms. The molecule has 1 amide bonds. The molecule has 116 valence electrons. The van der Waals surface area contributed by atoms with Gasteiger partial charge in [-0.25, -0.2) is 4.98 Å². The number of aliphatic hydroxyl groups is 1. The Hall–Kier alpha value is -1.27. The summed E-state index contributed by atoms with van der Waals surface area (Å²) < 4.78 is 0. The Bertz CT molecular complexity index is 468. The van der Waals surface area contributed by atoms with Crippen LogP contribution in [0.15, 0.2) is 18.3 Å². The fraction of sp³-hybridized carbons (Fsp3) is 0.600. The summed E-state index contributed by atoms with van der Waals surface area (Å²) in [6.07, 6.45) is 2.33. The smallest absolute Gasteiger partial charge is 0.252 e. The molecule has 0 spiro atoms. The number of anilines is 1. The molecule has 1 atom stereocenters. The molecular formula is C15H23N3O2S. The van der Waals surface area contributed by atoms with E-state index in [1.165, 1.54) is 0 Å². The Morgan fingerprint density at radius 3 is 2.76 bits per heavy atom. The average molecular weight is 309 g/mol. The third kappa shape index (κ3) is 4.11. The van der Waals surface area contributed by atoms with Crippen LogP contribution >= 0.6 is 11.8 Å². The van der Waals surface area contributed by atoms with Gasteiger partial charge in [0.15, 0.2) is 0 Å². The van der Waals surface area contributed by atoms with Crippen molar-refractivity contribution in [1.29, 1.82) is 0 Å². The van der Waals surface area contributed by atoms with Gasteiger partial charge in [-0.05, 0) is 38.2 Å². The standard InChI is InChI=1S/C15H23N3O2S/c1-3-18(4-2)13-6-5-12(9-16-13)14(19)17-10-15(20)7-8-21-11-15/h5-6,9,20H,3-4,7-8,10-11H2,1-2H3,(H,17,19). The molecule has 1 aromatic rings. The van der Waals surface area contributed by atoms with Crippen molar-refractivity contribution in [1.82, 2.24) is 10.3 Å². The van der Waals surface area contributed by atoms with Crippen molar-refractivity contribution in [2.75, 3.05) is 36.0 Å². The van der Waals surface area contributed by atoms with E-state index >= 15 is 0 Å². The highest BCUT2D eigenvalue weighted by atomic mass is 32.2. The maximum Gasteiger partial charge on any atom is 0.252 e. The van der Waals surface area contributed by atoms with Crippen molar-refractivity contribution in [2.45, 2.75) is 25.9 Å². The van der Waals surface area contributed by atoms with Gasteiger partial charge in [-0.2, -0.15) is 11.8 Å². The van der Waals surface area contributed by atoms with Gasteiger partial charge in [0, 0.05) is 31.6 Å². The molecule has 2 heterocycles. The monoisotopic (exact) mass is 309 g/mol. The lowest BCUT2D eigenvalue weighted by molar-refractivity contribution is 0.0612. The number of hydrogen-bond donors (Lipinski definition) is 2. The van der Waals surface area contributed by atoms with Crippen LogP contribution in [0.2, 0.25) is 0 Å². The summed E-state index contributed by atoms with van der Waals surface area (Å²) in [4.78, 5) is 18.5. The number of thioether (sulfide) groups is 1. The molecule has 0 aliphatic carbocycles. The van der Waals surface area contributed by atoms with Crippen molar-refractivity contribution in [3.8, 4) is 0 Å². The minimum absolute atomic E-state index is 0.182. The van der Waals surface area contributed by atoms with Gasteiger partial charge in [0.25, 0.3) is 5.91 Å². The largest absolute Gasteiger partial charge is 0.387 e. The van der Waals surface area contributed by atoms with Crippen LogP contribution < -0.4 is 10.2 Å². The van der Waals surface area contributed by atoms with Crippen LogP contribution in [-0.4, -0.2) is 52.7 Å². The maximum atomic E-state index is 12.1. The highest BCUT2D eigenvalue weighted by Crippen LogP contribution is 2.27. The Morgan fingerprint density at radius 2 is 2.24 bits per heavy atom. The van der Waals surface area contributed by atoms with Crippen molar-refractivity contribution in [2.24, 2.45) is 0 Å². The SMILES string of the molecule is CCN(CC)c1ccc(C(=O)NCC2(O)CCSC2)cn1. The van der Waals surface area contributed by atoms with Crippen molar-refractivity contribution in [3.05, 3.63) is 23.9 Å². The van der Waals surface area contributed by atoms with Gasteiger partial charge in [-0.15, -0.1) is 0 Å². The summed E-state index contributed by atoms with van der Waals surface area (Å²) in [6.45, 7) is 6.23. The lowest BCUT2D eigenvalue weighted by Gasteiger charge is -2.22. The van der Waals surface area contributed by atoms with E-state index in [2.05, 4.69) is 29.0 Å². The summed E-state index contributed by atoms with van der Waals surface area (Å²) in [5, 5.41) is 13.0. The maximum absolute atomic E-state index is 12.1. The number of hydrogen-bond acceptors (Lipinski definition) is 5. The van der Waals surface area contributed by atoms with Gasteiger partial charge in [-0.3, -0.25) is 4.79 Å². The Labute approximate surface area is 130 Å². The topological polar surface area (TPSA) is 65.5 Å². The normalized spacial score (nSPS) is 21.3. The molecule has 1 saturated heterocycles. The highest BCUT2D eigenvalue weighted by molar-refractivity contribution is 7.99. The molecule has 1 unspecified atom stereocenters. The molecule has 1 fully saturated rings. The number of nitrogens with zero attached hydrogens (tertiary/aromatic N) is 2. The zero-order valence-corrected chi connectivity index (χ0v) is 13.4. The molecule has 6 heteroatoms. The van der Waals surface area contributed by atoms with Gasteiger partial charge < -0.3 is 15.3 Å². The van der Waals surface area contributed by atoms with Crippen LogP contribution in [0.25, 0.3) is 0 Å². The molecule has 1 aliphatic heterocycles. The van der Waals surface area contributed by atoms with Crippen LogP contribution in [0.4, 0.5) is 5.82 Å². The molecule has 2 rings (SSSR count). The number of carbonyl (C=O) groups excluding carboxylic acids is 1. The predicted octanol–water partition coefficient (Wildman–Crippen LogP) is 1.53. The number of pyridine rings is 1. The molecule has 0 radical (unpaired) electrons. The van der Waals surface area contributed by atoms with Crippen LogP contribution in [-0.2, 0) is 0 Å². The fourth-order valence-electron chi connectivity index (χ4n) is 2.34. The number of carbonyl (C=O) groups is 1. The molecule has 1 aromatic heterocycles. The Balaban J connectivity index is 1.93. The van der Waals surface area contributed by atoms with E-state index in [0.29, 0.717) is 17.9 Å². The van der Waals surface area contributed by atoms with E-state index in [9.17, 15) is 9.90 Å². The first-order valence-electron chi connectivity index (χ1n) is 7.37. The van der Waals surface area contributed by atoms with Gasteiger partial charge in [0.05, 0.1) is 11.2 Å². The van der Waals surface area contributed by atoms with E-state index in [0.717, 1.165) is 31.1 Å². The van der Waals surface area contributed by atoms with E-state index in [1.54, 1.807) is 24.0 Å². The van der Waals surface area contributed by atoms with Crippen molar-refractivity contribution < 1.29 is 9.90 Å². The second kappa shape index (κ2) is 7.13. The first kappa shape index (κ1) is 16.1. The molecule has 0 aromatic carbocycles. The highest BCUT2D eigenvalue weighted by Gasteiger charge is 2.32. The number of aromatic nitrogens is 1. The first-order chi connectivity index (χ1) is 10.1. The van der Waals surface area contributed by atoms with Crippen LogP contribution in [0.5, 0.6) is 0 Å². The van der Waals surface area contributed by atoms with Crippen molar-refractivity contribution in [3.63, 3.8) is 0 Å². The van der Waals surface area contributed by atoms with E-state index in [1.807, 2.05) is 6.07 Å². The minimum atomic E-state index is -0.755. The van der Waals surface area contributed by atoms with Gasteiger partial charge in [-0.1, -0.05) is 0 Å². The Morgan fingerprint density at radius 1 is 1.48 bits per heavy atom. The third-order valence-corrected chi connectivity index (χ3v) is 4.99. The zero-order chi connectivity index (χ0) is 15.3. The minimum Gasteiger partial charge on any atom is -0.387 e. The fourth-order valence-corrected chi connectivity index (χ4v) is 3.63. The van der Waals surface area contributed by atoms with E-state index < -0.39 is 5.60 Å². The summed E-state index contributed by atoms with van der Waals surface area (Å²) in [6, 6.07) is 3.64. The quantitative estimate of drug-likeness (QED) is 0.834. The van der Waals surface area contributed by atoms with Crippen LogP contribution in [0.1, 0.15) is 30.6 Å². The molecule has 0 bridgehead atoms. The zero-order valence-electron chi connectivity index (χ0n) is 12.6. The van der Waals surface area contributed by atoms with E-state index in [-0.39, 0.29) is 5.91 Å². The summed E-state index contributed by atoms with van der Waals surface area (Å²) in [5.74, 6) is 2.33. The first-order valence-corrected chi connectivity index (χ1v) is 8.53. The molecule has 5 nitrogen and oxygen atoms in total. The molecule has 1 aliphatic rings. The lowest BCUT2D eigenvalue weighted by atomic mass is 10.0. The number of rotatable bonds is 6. The summed E-state index contributed by atoms with van der Waals surface area (Å²) >= 11 is 1.72.